The molecule has 0 saturated carbocycles. The monoisotopic (exact) mass is 212 g/mol. The number of aryl methyl sites for hydroxylation is 1. The minimum Gasteiger partial charge on any atom is -0.507 e. The van der Waals surface area contributed by atoms with Gasteiger partial charge >= 0.3 is 0 Å². The average Bonchev–Trinajstić information content (AvgIpc) is 2.27. The third kappa shape index (κ3) is 1.69. The molecule has 0 aliphatic rings. The van der Waals surface area contributed by atoms with Gasteiger partial charge in [0.2, 0.25) is 0 Å². The number of rotatable bonds is 1. The fourth-order valence-electron chi connectivity index (χ4n) is 1.65. The lowest BCUT2D eigenvalue weighted by molar-refractivity contribution is 0.476. The van der Waals surface area contributed by atoms with Crippen LogP contribution in [0.2, 0.25) is 0 Å². The van der Waals surface area contributed by atoms with Crippen molar-refractivity contribution in [2.45, 2.75) is 6.92 Å². The third-order valence-corrected chi connectivity index (χ3v) is 2.54. The molecule has 0 spiro atoms. The van der Waals surface area contributed by atoms with Gasteiger partial charge in [0, 0.05) is 11.1 Å². The molecule has 0 aliphatic carbocycles. The Morgan fingerprint density at radius 2 is 1.81 bits per heavy atom. The van der Waals surface area contributed by atoms with Gasteiger partial charge < -0.3 is 5.11 Å². The fraction of sp³-hybridized carbons (Fsp3) is 0.0769. The van der Waals surface area contributed by atoms with Crippen LogP contribution in [0.3, 0.4) is 0 Å². The normalized spacial score (nSPS) is 10.4. The zero-order chi connectivity index (χ0) is 11.7. The Labute approximate surface area is 95.0 Å². The molecule has 1 N–H and O–H groups in total. The summed E-state index contributed by atoms with van der Waals surface area (Å²) in [6.45, 7) is 1.66. The number of halogens is 1. The van der Waals surface area contributed by atoms with Gasteiger partial charge in [-0.3, -0.25) is 0 Å². The Morgan fingerprint density at radius 3 is 2.50 bits per heavy atom. The van der Waals surface area contributed by atoms with Crippen LogP contribution in [0.5, 0.6) is 5.75 Å². The molecule has 0 aromatic heterocycles. The summed E-state index contributed by atoms with van der Waals surface area (Å²) in [6, 6.07) is 9.83. The molecule has 16 heavy (non-hydrogen) atoms. The highest BCUT2D eigenvalue weighted by Crippen LogP contribution is 2.30. The molecule has 2 aromatic carbocycles. The van der Waals surface area contributed by atoms with Crippen molar-refractivity contribution in [3.63, 3.8) is 0 Å². The van der Waals surface area contributed by atoms with Gasteiger partial charge in [0.05, 0.1) is 0 Å². The van der Waals surface area contributed by atoms with Crippen molar-refractivity contribution >= 4 is 13.3 Å². The highest BCUT2D eigenvalue weighted by atomic mass is 19.1. The lowest BCUT2D eigenvalue weighted by atomic mass is 9.85. The van der Waals surface area contributed by atoms with E-state index in [4.69, 9.17) is 7.85 Å². The van der Waals surface area contributed by atoms with Crippen LogP contribution in [0, 0.1) is 12.7 Å². The Morgan fingerprint density at radius 1 is 1.12 bits per heavy atom. The van der Waals surface area contributed by atoms with E-state index in [0.29, 0.717) is 16.6 Å². The molecule has 0 bridgehead atoms. The van der Waals surface area contributed by atoms with Gasteiger partial charge in [-0.05, 0) is 18.6 Å². The van der Waals surface area contributed by atoms with Crippen LogP contribution in [-0.4, -0.2) is 13.0 Å². The first-order valence-corrected chi connectivity index (χ1v) is 4.94. The molecule has 0 heterocycles. The van der Waals surface area contributed by atoms with Gasteiger partial charge in [-0.1, -0.05) is 35.8 Å². The summed E-state index contributed by atoms with van der Waals surface area (Å²) in [5.41, 5.74) is 1.51. The van der Waals surface area contributed by atoms with E-state index in [1.807, 2.05) is 0 Å². The minimum absolute atomic E-state index is 0.0266. The molecule has 2 aromatic rings. The minimum atomic E-state index is -0.387. The molecule has 3 heteroatoms. The Kier molecular flexibility index (Phi) is 2.69. The quantitative estimate of drug-likeness (QED) is 0.719. The van der Waals surface area contributed by atoms with Crippen LogP contribution < -0.4 is 5.46 Å². The maximum absolute atomic E-state index is 13.9. The Hall–Kier alpha value is -1.77. The third-order valence-electron chi connectivity index (χ3n) is 2.54. The molecule has 2 rings (SSSR count). The first kappa shape index (κ1) is 10.7. The maximum Gasteiger partial charge on any atom is 0.133 e. The largest absolute Gasteiger partial charge is 0.507 e. The van der Waals surface area contributed by atoms with Crippen molar-refractivity contribution in [2.24, 2.45) is 0 Å². The predicted octanol–water partition coefficient (Wildman–Crippen LogP) is 2.30. The summed E-state index contributed by atoms with van der Waals surface area (Å²) in [6.07, 6.45) is 0. The molecule has 0 unspecified atom stereocenters. The van der Waals surface area contributed by atoms with E-state index in [1.165, 1.54) is 6.07 Å². The van der Waals surface area contributed by atoms with Gasteiger partial charge in [0.1, 0.15) is 19.4 Å². The summed E-state index contributed by atoms with van der Waals surface area (Å²) in [5, 5.41) is 9.68. The topological polar surface area (TPSA) is 20.2 Å². The number of hydrogen-bond acceptors (Lipinski definition) is 1. The molecule has 1 nitrogen and oxygen atoms in total. The summed E-state index contributed by atoms with van der Waals surface area (Å²) >= 11 is 0. The molecule has 0 amide bonds. The van der Waals surface area contributed by atoms with Gasteiger partial charge in [0.25, 0.3) is 0 Å². The van der Waals surface area contributed by atoms with Crippen molar-refractivity contribution in [3.8, 4) is 16.9 Å². The van der Waals surface area contributed by atoms with Gasteiger partial charge in [0.15, 0.2) is 0 Å². The summed E-state index contributed by atoms with van der Waals surface area (Å²) in [5.74, 6) is -0.361. The second-order valence-corrected chi connectivity index (χ2v) is 3.68. The SMILES string of the molecule is [B]c1ccc(C)c(F)c1-c1ccccc1O. The first-order chi connectivity index (χ1) is 7.61. The summed E-state index contributed by atoms with van der Waals surface area (Å²) in [4.78, 5) is 0. The lowest BCUT2D eigenvalue weighted by Crippen LogP contribution is -2.10. The molecule has 78 valence electrons. The zero-order valence-corrected chi connectivity index (χ0v) is 8.87. The second kappa shape index (κ2) is 4.01. The summed E-state index contributed by atoms with van der Waals surface area (Å²) < 4.78 is 13.9. The number of para-hydroxylation sites is 1. The molecule has 0 saturated heterocycles. The van der Waals surface area contributed by atoms with Gasteiger partial charge in [-0.25, -0.2) is 4.39 Å². The Balaban J connectivity index is 2.74. The zero-order valence-electron chi connectivity index (χ0n) is 8.87. The van der Waals surface area contributed by atoms with E-state index < -0.39 is 0 Å². The van der Waals surface area contributed by atoms with E-state index in [2.05, 4.69) is 0 Å². The van der Waals surface area contributed by atoms with Crippen molar-refractivity contribution < 1.29 is 9.50 Å². The molecular formula is C13H10BFO. The number of aromatic hydroxyl groups is 1. The van der Waals surface area contributed by atoms with Crippen molar-refractivity contribution in [1.82, 2.24) is 0 Å². The van der Waals surface area contributed by atoms with E-state index in [0.717, 1.165) is 0 Å². The molecule has 0 fully saturated rings. The van der Waals surface area contributed by atoms with Gasteiger partial charge in [-0.15, -0.1) is 0 Å². The van der Waals surface area contributed by atoms with E-state index >= 15 is 0 Å². The molecular weight excluding hydrogens is 202 g/mol. The number of hydrogen-bond donors (Lipinski definition) is 1. The average molecular weight is 212 g/mol. The standard InChI is InChI=1S/C13H10BFO/c1-8-6-7-10(14)12(13(8)15)9-4-2-3-5-11(9)16/h2-7,16H,1H3. The molecule has 2 radical (unpaired) electrons. The van der Waals surface area contributed by atoms with Crippen LogP contribution in [0.4, 0.5) is 4.39 Å². The lowest BCUT2D eigenvalue weighted by Gasteiger charge is -2.11. The molecule has 0 aliphatic heterocycles. The second-order valence-electron chi connectivity index (χ2n) is 3.68. The van der Waals surface area contributed by atoms with Crippen LogP contribution in [0.25, 0.3) is 11.1 Å². The van der Waals surface area contributed by atoms with E-state index in [1.54, 1.807) is 37.3 Å². The highest BCUT2D eigenvalue weighted by molar-refractivity contribution is 6.36. The van der Waals surface area contributed by atoms with E-state index in [-0.39, 0.29) is 17.1 Å². The van der Waals surface area contributed by atoms with Crippen LogP contribution >= 0.6 is 0 Å². The fourth-order valence-corrected chi connectivity index (χ4v) is 1.65. The van der Waals surface area contributed by atoms with Crippen LogP contribution in [0.1, 0.15) is 5.56 Å². The van der Waals surface area contributed by atoms with Crippen molar-refractivity contribution in [3.05, 3.63) is 47.8 Å². The smallest absolute Gasteiger partial charge is 0.133 e. The predicted molar refractivity (Wildman–Crippen MR) is 63.6 cm³/mol. The van der Waals surface area contributed by atoms with Crippen molar-refractivity contribution in [1.29, 1.82) is 0 Å². The number of phenols is 1. The van der Waals surface area contributed by atoms with Crippen molar-refractivity contribution in [2.75, 3.05) is 0 Å². The summed E-state index contributed by atoms with van der Waals surface area (Å²) in [7, 11) is 5.74. The van der Waals surface area contributed by atoms with E-state index in [9.17, 15) is 9.50 Å². The van der Waals surface area contributed by atoms with Gasteiger partial charge in [-0.2, -0.15) is 0 Å². The van der Waals surface area contributed by atoms with Crippen LogP contribution in [-0.2, 0) is 0 Å². The molecule has 0 atom stereocenters. The Bertz CT molecular complexity index is 537. The first-order valence-electron chi connectivity index (χ1n) is 4.94. The van der Waals surface area contributed by atoms with Crippen LogP contribution in [0.15, 0.2) is 36.4 Å². The highest BCUT2D eigenvalue weighted by Gasteiger charge is 2.12. The number of phenolic OH excluding ortho intramolecular Hbond substituents is 1. The number of benzene rings is 2. The maximum atomic E-state index is 13.9.